The van der Waals surface area contributed by atoms with E-state index < -0.39 is 5.97 Å². The van der Waals surface area contributed by atoms with E-state index in [0.717, 1.165) is 51.0 Å². The van der Waals surface area contributed by atoms with Gasteiger partial charge in [0.15, 0.2) is 0 Å². The molecule has 0 spiro atoms. The zero-order valence-electron chi connectivity index (χ0n) is 18.4. The topological polar surface area (TPSA) is 91.0 Å². The van der Waals surface area contributed by atoms with E-state index in [9.17, 15) is 14.4 Å². The number of ether oxygens (including phenoxy) is 1. The summed E-state index contributed by atoms with van der Waals surface area (Å²) < 4.78 is 4.71. The second-order valence-corrected chi connectivity index (χ2v) is 9.32. The molecule has 1 aliphatic carbocycles. The highest BCUT2D eigenvalue weighted by atomic mass is 32.1. The van der Waals surface area contributed by atoms with E-state index in [1.54, 1.807) is 24.3 Å². The van der Waals surface area contributed by atoms with Gasteiger partial charge in [0.25, 0.3) is 5.91 Å². The molecule has 2 aliphatic rings. The predicted molar refractivity (Wildman–Crippen MR) is 125 cm³/mol. The summed E-state index contributed by atoms with van der Waals surface area (Å²) >= 11 is 1.51. The van der Waals surface area contributed by atoms with E-state index in [4.69, 9.17) is 4.74 Å². The van der Waals surface area contributed by atoms with Gasteiger partial charge in [0.1, 0.15) is 5.00 Å². The average Bonchev–Trinajstić information content (AvgIpc) is 3.36. The van der Waals surface area contributed by atoms with Crippen molar-refractivity contribution < 1.29 is 19.1 Å². The molecule has 1 aromatic carbocycles. The van der Waals surface area contributed by atoms with Crippen molar-refractivity contribution in [3.05, 3.63) is 45.8 Å². The van der Waals surface area contributed by atoms with Gasteiger partial charge in [-0.3, -0.25) is 14.5 Å². The van der Waals surface area contributed by atoms with E-state index in [1.807, 2.05) is 0 Å². The Labute approximate surface area is 191 Å². The number of piperazine rings is 1. The molecule has 1 aromatic heterocycles. The minimum atomic E-state index is -0.427. The molecule has 0 unspecified atom stereocenters. The van der Waals surface area contributed by atoms with Crippen LogP contribution >= 0.6 is 11.3 Å². The molecule has 1 fully saturated rings. The lowest BCUT2D eigenvalue weighted by Crippen LogP contribution is -2.47. The number of rotatable bonds is 6. The number of methoxy groups -OCH3 is 1. The Balaban J connectivity index is 1.46. The van der Waals surface area contributed by atoms with E-state index in [-0.39, 0.29) is 11.8 Å². The summed E-state index contributed by atoms with van der Waals surface area (Å²) in [7, 11) is 3.41. The van der Waals surface area contributed by atoms with Crippen LogP contribution in [-0.2, 0) is 22.4 Å². The molecule has 0 bridgehead atoms. The van der Waals surface area contributed by atoms with Gasteiger partial charge in [0.05, 0.1) is 24.8 Å². The second-order valence-electron chi connectivity index (χ2n) is 8.21. The molecule has 8 nitrogen and oxygen atoms in total. The fourth-order valence-electron chi connectivity index (χ4n) is 4.11. The lowest BCUT2D eigenvalue weighted by molar-refractivity contribution is -0.117. The Bertz CT molecular complexity index is 1010. The third-order valence-corrected chi connectivity index (χ3v) is 7.14. The number of hydrogen-bond donors (Lipinski definition) is 2. The number of fused-ring (bicyclic) bond motifs is 1. The van der Waals surface area contributed by atoms with Crippen LogP contribution in [0.2, 0.25) is 0 Å². The third kappa shape index (κ3) is 5.01. The van der Waals surface area contributed by atoms with Crippen molar-refractivity contribution in [1.82, 2.24) is 9.80 Å². The number of hydrogen-bond acceptors (Lipinski definition) is 7. The molecule has 2 N–H and O–H groups in total. The van der Waals surface area contributed by atoms with E-state index in [1.165, 1.54) is 23.3 Å². The Morgan fingerprint density at radius 3 is 2.44 bits per heavy atom. The largest absolute Gasteiger partial charge is 0.465 e. The highest BCUT2D eigenvalue weighted by molar-refractivity contribution is 7.17. The number of likely N-dealkylation sites (N-methyl/N-ethyl adjacent to an activating group) is 1. The van der Waals surface area contributed by atoms with Gasteiger partial charge in [0.2, 0.25) is 5.91 Å². The van der Waals surface area contributed by atoms with E-state index >= 15 is 0 Å². The summed E-state index contributed by atoms with van der Waals surface area (Å²) in [6.45, 7) is 3.94. The molecule has 2 aromatic rings. The first-order valence-electron chi connectivity index (χ1n) is 10.8. The Morgan fingerprint density at radius 2 is 1.75 bits per heavy atom. The van der Waals surface area contributed by atoms with Crippen molar-refractivity contribution in [3.63, 3.8) is 0 Å². The molecular weight excluding hydrogens is 428 g/mol. The number of esters is 1. The van der Waals surface area contributed by atoms with Crippen LogP contribution in [0.25, 0.3) is 0 Å². The Morgan fingerprint density at radius 1 is 1.03 bits per heavy atom. The molecule has 0 saturated carbocycles. The highest BCUT2D eigenvalue weighted by Crippen LogP contribution is 2.39. The fraction of sp³-hybridized carbons (Fsp3) is 0.435. The quantitative estimate of drug-likeness (QED) is 0.649. The molecule has 1 aliphatic heterocycles. The number of nitrogens with one attached hydrogen (secondary N) is 2. The molecule has 32 heavy (non-hydrogen) atoms. The maximum Gasteiger partial charge on any atom is 0.337 e. The summed E-state index contributed by atoms with van der Waals surface area (Å²) in [5.74, 6) is -0.764. The van der Waals surface area contributed by atoms with Crippen molar-refractivity contribution in [2.24, 2.45) is 0 Å². The number of aryl methyl sites for hydroxylation is 1. The standard InChI is InChI=1S/C23H28N4O4S/c1-26-10-12-27(13-11-26)14-19(28)25-22-20(17-4-3-5-18(17)32-22)21(29)24-16-8-6-15(7-9-16)23(30)31-2/h6-9H,3-5,10-14H2,1-2H3,(H,24,29)(H,25,28). The van der Waals surface area contributed by atoms with E-state index in [2.05, 4.69) is 27.5 Å². The molecule has 0 radical (unpaired) electrons. The van der Waals surface area contributed by atoms with Crippen molar-refractivity contribution in [1.29, 1.82) is 0 Å². The summed E-state index contributed by atoms with van der Waals surface area (Å²) in [4.78, 5) is 43.1. The van der Waals surface area contributed by atoms with Crippen LogP contribution in [0.1, 0.15) is 37.6 Å². The first-order chi connectivity index (χ1) is 15.4. The summed E-state index contributed by atoms with van der Waals surface area (Å²) in [6, 6.07) is 6.56. The summed E-state index contributed by atoms with van der Waals surface area (Å²) in [5, 5.41) is 6.53. The molecule has 1 saturated heterocycles. The number of carbonyl (C=O) groups is 3. The molecule has 4 rings (SSSR count). The normalized spacial score (nSPS) is 16.4. The average molecular weight is 457 g/mol. The predicted octanol–water partition coefficient (Wildman–Crippen LogP) is 2.46. The van der Waals surface area contributed by atoms with E-state index in [0.29, 0.717) is 28.4 Å². The van der Waals surface area contributed by atoms with Gasteiger partial charge in [-0.25, -0.2) is 4.79 Å². The number of nitrogens with zero attached hydrogens (tertiary/aromatic N) is 2. The maximum atomic E-state index is 13.2. The third-order valence-electron chi connectivity index (χ3n) is 5.93. The van der Waals surface area contributed by atoms with Crippen LogP contribution in [0.5, 0.6) is 0 Å². The molecule has 0 atom stereocenters. The minimum absolute atomic E-state index is 0.0917. The smallest absolute Gasteiger partial charge is 0.337 e. The molecular formula is C23H28N4O4S. The maximum absolute atomic E-state index is 13.2. The second kappa shape index (κ2) is 9.81. The summed E-state index contributed by atoms with van der Waals surface area (Å²) in [6.07, 6.45) is 2.79. The zero-order chi connectivity index (χ0) is 22.7. The monoisotopic (exact) mass is 456 g/mol. The molecule has 2 amide bonds. The fourth-order valence-corrected chi connectivity index (χ4v) is 5.41. The van der Waals surface area contributed by atoms with Crippen LogP contribution < -0.4 is 10.6 Å². The van der Waals surface area contributed by atoms with Gasteiger partial charge in [-0.05, 0) is 56.1 Å². The van der Waals surface area contributed by atoms with Gasteiger partial charge >= 0.3 is 5.97 Å². The van der Waals surface area contributed by atoms with Gasteiger partial charge < -0.3 is 20.3 Å². The van der Waals surface area contributed by atoms with Gasteiger partial charge in [-0.15, -0.1) is 11.3 Å². The first kappa shape index (κ1) is 22.4. The van der Waals surface area contributed by atoms with Crippen LogP contribution in [0, 0.1) is 0 Å². The molecule has 170 valence electrons. The number of carbonyl (C=O) groups excluding carboxylic acids is 3. The first-order valence-corrected chi connectivity index (χ1v) is 11.6. The van der Waals surface area contributed by atoms with Crippen molar-refractivity contribution in [2.45, 2.75) is 19.3 Å². The highest BCUT2D eigenvalue weighted by Gasteiger charge is 2.28. The number of anilines is 2. The van der Waals surface area contributed by atoms with Crippen LogP contribution in [0.4, 0.5) is 10.7 Å². The van der Waals surface area contributed by atoms with Gasteiger partial charge in [-0.1, -0.05) is 0 Å². The number of benzene rings is 1. The summed E-state index contributed by atoms with van der Waals surface area (Å²) in [5.41, 5.74) is 2.59. The minimum Gasteiger partial charge on any atom is -0.465 e. The molecule has 2 heterocycles. The Kier molecular flexibility index (Phi) is 6.88. The van der Waals surface area contributed by atoms with Crippen LogP contribution in [0.15, 0.2) is 24.3 Å². The van der Waals surface area contributed by atoms with Gasteiger partial charge in [-0.2, -0.15) is 0 Å². The van der Waals surface area contributed by atoms with Crippen molar-refractivity contribution in [3.8, 4) is 0 Å². The Hall–Kier alpha value is -2.75. The van der Waals surface area contributed by atoms with Crippen LogP contribution in [0.3, 0.4) is 0 Å². The zero-order valence-corrected chi connectivity index (χ0v) is 19.2. The lowest BCUT2D eigenvalue weighted by atomic mass is 10.1. The lowest BCUT2D eigenvalue weighted by Gasteiger charge is -2.31. The van der Waals surface area contributed by atoms with Crippen molar-refractivity contribution in [2.75, 3.05) is 57.5 Å². The van der Waals surface area contributed by atoms with Crippen LogP contribution in [-0.4, -0.2) is 74.5 Å². The SMILES string of the molecule is COC(=O)c1ccc(NC(=O)c2c(NC(=O)CN3CCN(C)CC3)sc3c2CCC3)cc1. The van der Waals surface area contributed by atoms with Gasteiger partial charge in [0, 0.05) is 36.7 Å². The van der Waals surface area contributed by atoms with Crippen molar-refractivity contribution >= 4 is 39.8 Å². The molecule has 9 heteroatoms. The number of amides is 2. The number of thiophene rings is 1.